The molecule has 3 aromatic rings. The number of aromatic nitrogens is 2. The fourth-order valence-corrected chi connectivity index (χ4v) is 3.95. The number of para-hydroxylation sites is 2. The molecule has 150 valence electrons. The van der Waals surface area contributed by atoms with Crippen molar-refractivity contribution in [2.24, 2.45) is 5.73 Å². The Kier molecular flexibility index (Phi) is 5.07. The van der Waals surface area contributed by atoms with Crippen molar-refractivity contribution in [3.8, 4) is 0 Å². The molecule has 1 aromatic heterocycles. The van der Waals surface area contributed by atoms with Gasteiger partial charge in [-0.15, -0.1) is 0 Å². The molecule has 7 nitrogen and oxygen atoms in total. The van der Waals surface area contributed by atoms with E-state index in [-0.39, 0.29) is 5.69 Å². The Bertz CT molecular complexity index is 1050. The number of amides is 1. The van der Waals surface area contributed by atoms with Crippen LogP contribution >= 0.6 is 0 Å². The second-order valence-electron chi connectivity index (χ2n) is 7.65. The topological polar surface area (TPSA) is 87.4 Å². The Balaban J connectivity index is 1.68. The number of benzene rings is 2. The maximum absolute atomic E-state index is 11.9. The van der Waals surface area contributed by atoms with E-state index in [1.165, 1.54) is 16.8 Å². The highest BCUT2D eigenvalue weighted by molar-refractivity contribution is 5.98. The second kappa shape index (κ2) is 7.67. The van der Waals surface area contributed by atoms with E-state index in [1.807, 2.05) is 24.3 Å². The van der Waals surface area contributed by atoms with Crippen molar-refractivity contribution in [3.05, 3.63) is 53.2 Å². The lowest BCUT2D eigenvalue weighted by atomic mass is 10.1. The van der Waals surface area contributed by atoms with Crippen LogP contribution in [0.25, 0.3) is 11.0 Å². The lowest BCUT2D eigenvalue weighted by molar-refractivity contribution is 0.0996. The van der Waals surface area contributed by atoms with Gasteiger partial charge in [-0.25, -0.2) is 9.97 Å². The van der Waals surface area contributed by atoms with Crippen molar-refractivity contribution in [2.75, 3.05) is 43.4 Å². The number of carbonyl (C=O) groups excluding carboxylic acids is 1. The number of likely N-dealkylation sites (N-methyl/N-ethyl adjacent to an activating group) is 1. The average Bonchev–Trinajstić information content (AvgIpc) is 2.68. The van der Waals surface area contributed by atoms with Gasteiger partial charge in [0.15, 0.2) is 11.5 Å². The van der Waals surface area contributed by atoms with Crippen LogP contribution in [0.15, 0.2) is 36.4 Å². The molecule has 2 heterocycles. The summed E-state index contributed by atoms with van der Waals surface area (Å²) in [5.41, 5.74) is 11.6. The van der Waals surface area contributed by atoms with Crippen LogP contribution in [-0.4, -0.2) is 54.0 Å². The van der Waals surface area contributed by atoms with Crippen molar-refractivity contribution in [1.29, 1.82) is 0 Å². The van der Waals surface area contributed by atoms with Gasteiger partial charge >= 0.3 is 0 Å². The summed E-state index contributed by atoms with van der Waals surface area (Å²) in [5, 5.41) is 3.26. The first-order valence-electron chi connectivity index (χ1n) is 9.81. The number of nitrogens with one attached hydrogen (secondary N) is 1. The van der Waals surface area contributed by atoms with E-state index in [0.717, 1.165) is 31.9 Å². The van der Waals surface area contributed by atoms with Crippen molar-refractivity contribution in [3.63, 3.8) is 0 Å². The number of primary amides is 1. The lowest BCUT2D eigenvalue weighted by Gasteiger charge is -2.36. The summed E-state index contributed by atoms with van der Waals surface area (Å²) in [6.07, 6.45) is 0. The molecule has 0 aliphatic carbocycles. The fraction of sp³-hybridized carbons (Fsp3) is 0.318. The zero-order chi connectivity index (χ0) is 20.5. The summed E-state index contributed by atoms with van der Waals surface area (Å²) in [5.74, 6) is -0.226. The molecule has 0 atom stereocenters. The third-order valence-corrected chi connectivity index (χ3v) is 5.38. The van der Waals surface area contributed by atoms with E-state index in [9.17, 15) is 4.79 Å². The molecule has 3 N–H and O–H groups in total. The third kappa shape index (κ3) is 3.86. The van der Waals surface area contributed by atoms with Gasteiger partial charge in [-0.1, -0.05) is 12.1 Å². The number of carbonyl (C=O) groups is 1. The number of hydrogen-bond donors (Lipinski definition) is 2. The molecule has 29 heavy (non-hydrogen) atoms. The van der Waals surface area contributed by atoms with E-state index in [4.69, 9.17) is 5.73 Å². The van der Waals surface area contributed by atoms with Crippen LogP contribution in [0, 0.1) is 13.8 Å². The van der Waals surface area contributed by atoms with Gasteiger partial charge in [0.2, 0.25) is 0 Å². The van der Waals surface area contributed by atoms with Gasteiger partial charge < -0.3 is 20.9 Å². The highest BCUT2D eigenvalue weighted by Gasteiger charge is 2.19. The molecule has 2 aromatic carbocycles. The summed E-state index contributed by atoms with van der Waals surface area (Å²) in [6, 6.07) is 11.6. The van der Waals surface area contributed by atoms with Gasteiger partial charge in [-0.3, -0.25) is 4.79 Å². The van der Waals surface area contributed by atoms with E-state index in [1.54, 1.807) is 0 Å². The van der Waals surface area contributed by atoms with Crippen molar-refractivity contribution in [2.45, 2.75) is 13.8 Å². The Morgan fingerprint density at radius 2 is 1.59 bits per heavy atom. The van der Waals surface area contributed by atoms with Crippen LogP contribution in [0.3, 0.4) is 0 Å². The largest absolute Gasteiger partial charge is 0.369 e. The van der Waals surface area contributed by atoms with E-state index < -0.39 is 5.91 Å². The SMILES string of the molecule is Cc1cc(Nc2nc3ccccc3nc2C(N)=O)cc(C)c1N1CCN(C)CC1. The molecule has 0 unspecified atom stereocenters. The number of rotatable bonds is 4. The van der Waals surface area contributed by atoms with Crippen LogP contribution in [-0.2, 0) is 0 Å². The number of piperazine rings is 1. The summed E-state index contributed by atoms with van der Waals surface area (Å²) in [4.78, 5) is 25.7. The third-order valence-electron chi connectivity index (χ3n) is 5.38. The maximum atomic E-state index is 11.9. The summed E-state index contributed by atoms with van der Waals surface area (Å²) < 4.78 is 0. The Hall–Kier alpha value is -3.19. The molecule has 1 aliphatic rings. The molecule has 1 fully saturated rings. The number of nitrogens with two attached hydrogens (primary N) is 1. The first-order chi connectivity index (χ1) is 13.9. The molecule has 7 heteroatoms. The zero-order valence-electron chi connectivity index (χ0n) is 17.1. The predicted molar refractivity (Wildman–Crippen MR) is 117 cm³/mol. The van der Waals surface area contributed by atoms with Gasteiger partial charge in [0.1, 0.15) is 0 Å². The van der Waals surface area contributed by atoms with Crippen LogP contribution in [0.1, 0.15) is 21.6 Å². The van der Waals surface area contributed by atoms with Crippen molar-refractivity contribution in [1.82, 2.24) is 14.9 Å². The minimum Gasteiger partial charge on any atom is -0.369 e. The van der Waals surface area contributed by atoms with Gasteiger partial charge in [0.25, 0.3) is 5.91 Å². The van der Waals surface area contributed by atoms with Crippen LogP contribution < -0.4 is 16.0 Å². The predicted octanol–water partition coefficient (Wildman–Crippen LogP) is 2.84. The summed E-state index contributed by atoms with van der Waals surface area (Å²) >= 11 is 0. The highest BCUT2D eigenvalue weighted by Crippen LogP contribution is 2.31. The Labute approximate surface area is 170 Å². The van der Waals surface area contributed by atoms with E-state index >= 15 is 0 Å². The van der Waals surface area contributed by atoms with Gasteiger partial charge in [0, 0.05) is 37.6 Å². The van der Waals surface area contributed by atoms with Crippen molar-refractivity contribution < 1.29 is 4.79 Å². The average molecular weight is 390 g/mol. The molecule has 0 bridgehead atoms. The zero-order valence-corrected chi connectivity index (χ0v) is 17.1. The lowest BCUT2D eigenvalue weighted by Crippen LogP contribution is -2.45. The molecule has 1 aliphatic heterocycles. The van der Waals surface area contributed by atoms with Crippen LogP contribution in [0.2, 0.25) is 0 Å². The molecule has 0 spiro atoms. The van der Waals surface area contributed by atoms with Crippen molar-refractivity contribution >= 4 is 34.1 Å². The molecule has 0 radical (unpaired) electrons. The summed E-state index contributed by atoms with van der Waals surface area (Å²) in [6.45, 7) is 8.40. The molecular formula is C22H26N6O. The fourth-order valence-electron chi connectivity index (χ4n) is 3.95. The van der Waals surface area contributed by atoms with Crippen LogP contribution in [0.4, 0.5) is 17.2 Å². The van der Waals surface area contributed by atoms with E-state index in [2.05, 4.69) is 58.1 Å². The molecule has 1 saturated heterocycles. The number of fused-ring (bicyclic) bond motifs is 1. The number of hydrogen-bond acceptors (Lipinski definition) is 6. The highest BCUT2D eigenvalue weighted by atomic mass is 16.1. The standard InChI is InChI=1S/C22H26N6O/c1-14-12-16(13-15(2)20(14)28-10-8-27(3)9-11-28)24-22-19(21(23)29)25-17-6-4-5-7-18(17)26-22/h4-7,12-13H,8-11H2,1-3H3,(H2,23,29)(H,24,26). The smallest absolute Gasteiger partial charge is 0.271 e. The molecular weight excluding hydrogens is 364 g/mol. The second-order valence-corrected chi connectivity index (χ2v) is 7.65. The Morgan fingerprint density at radius 3 is 2.17 bits per heavy atom. The summed E-state index contributed by atoms with van der Waals surface area (Å²) in [7, 11) is 2.16. The number of nitrogens with zero attached hydrogens (tertiary/aromatic N) is 4. The number of aryl methyl sites for hydroxylation is 2. The minimum atomic E-state index is -0.603. The first-order valence-corrected chi connectivity index (χ1v) is 9.81. The minimum absolute atomic E-state index is 0.141. The van der Waals surface area contributed by atoms with E-state index in [0.29, 0.717) is 16.9 Å². The van der Waals surface area contributed by atoms with Gasteiger partial charge in [-0.05, 0) is 56.3 Å². The maximum Gasteiger partial charge on any atom is 0.271 e. The van der Waals surface area contributed by atoms with Crippen LogP contribution in [0.5, 0.6) is 0 Å². The molecule has 1 amide bonds. The normalized spacial score (nSPS) is 14.9. The van der Waals surface area contributed by atoms with Gasteiger partial charge in [-0.2, -0.15) is 0 Å². The first kappa shape index (κ1) is 19.1. The molecule has 4 rings (SSSR count). The quantitative estimate of drug-likeness (QED) is 0.712. The Morgan fingerprint density at radius 1 is 1.00 bits per heavy atom. The molecule has 0 saturated carbocycles. The number of anilines is 3. The monoisotopic (exact) mass is 390 g/mol. The van der Waals surface area contributed by atoms with Gasteiger partial charge in [0.05, 0.1) is 11.0 Å².